The van der Waals surface area contributed by atoms with E-state index < -0.39 is 0 Å². The van der Waals surface area contributed by atoms with Crippen LogP contribution in [0.1, 0.15) is 54.5 Å². The summed E-state index contributed by atoms with van der Waals surface area (Å²) in [6, 6.07) is 1.08. The average molecular weight is 346 g/mol. The van der Waals surface area contributed by atoms with Crippen molar-refractivity contribution in [2.45, 2.75) is 51.9 Å². The van der Waals surface area contributed by atoms with Gasteiger partial charge in [-0.05, 0) is 26.9 Å². The number of rotatable bonds is 6. The summed E-state index contributed by atoms with van der Waals surface area (Å²) in [5.74, 6) is 1.25. The minimum atomic E-state index is 0.279. The third-order valence-electron chi connectivity index (χ3n) is 5.01. The van der Waals surface area contributed by atoms with Crippen molar-refractivity contribution in [1.29, 1.82) is 0 Å². The lowest BCUT2D eigenvalue weighted by Crippen LogP contribution is -2.55. The third kappa shape index (κ3) is 3.03. The van der Waals surface area contributed by atoms with Crippen LogP contribution in [0, 0.1) is 5.41 Å². The van der Waals surface area contributed by atoms with Gasteiger partial charge in [0.25, 0.3) is 0 Å². The van der Waals surface area contributed by atoms with Gasteiger partial charge in [-0.25, -0.2) is 9.97 Å². The maximum atomic E-state index is 4.73. The Balaban J connectivity index is 1.51. The standard InChI is InChI=1S/C18H27N5S/c1-18(2)12-22(11-15-20-9-14(24-15)10-21(3)4)16(18)17-19-7-8-23(17)13-5-6-13/h7-9,13,16H,5-6,10-12H2,1-4H3. The van der Waals surface area contributed by atoms with Crippen molar-refractivity contribution >= 4 is 11.3 Å². The van der Waals surface area contributed by atoms with Crippen molar-refractivity contribution in [2.24, 2.45) is 5.41 Å². The van der Waals surface area contributed by atoms with Crippen LogP contribution in [0.25, 0.3) is 0 Å². The molecule has 4 rings (SSSR count). The van der Waals surface area contributed by atoms with Crippen LogP contribution >= 0.6 is 11.3 Å². The molecule has 0 amide bonds. The molecule has 1 unspecified atom stereocenters. The number of likely N-dealkylation sites (tertiary alicyclic amines) is 1. The van der Waals surface area contributed by atoms with E-state index in [4.69, 9.17) is 4.98 Å². The Morgan fingerprint density at radius 3 is 2.75 bits per heavy atom. The Hall–Kier alpha value is -1.24. The molecule has 0 radical (unpaired) electrons. The first-order valence-corrected chi connectivity index (χ1v) is 9.61. The fourth-order valence-electron chi connectivity index (χ4n) is 3.92. The molecule has 6 heteroatoms. The molecule has 1 saturated heterocycles. The minimum absolute atomic E-state index is 0.279. The molecule has 5 nitrogen and oxygen atoms in total. The van der Waals surface area contributed by atoms with Crippen LogP contribution in [-0.4, -0.2) is 45.0 Å². The molecule has 1 atom stereocenters. The second-order valence-electron chi connectivity index (χ2n) is 8.18. The fourth-order valence-corrected chi connectivity index (χ4v) is 4.99. The lowest BCUT2D eigenvalue weighted by Gasteiger charge is -2.53. The maximum absolute atomic E-state index is 4.73. The number of hydrogen-bond donors (Lipinski definition) is 0. The highest BCUT2D eigenvalue weighted by molar-refractivity contribution is 7.11. The van der Waals surface area contributed by atoms with Crippen LogP contribution in [0.5, 0.6) is 0 Å². The van der Waals surface area contributed by atoms with Crippen molar-refractivity contribution in [3.8, 4) is 0 Å². The van der Waals surface area contributed by atoms with Crippen LogP contribution in [-0.2, 0) is 13.1 Å². The first kappa shape index (κ1) is 16.2. The summed E-state index contributed by atoms with van der Waals surface area (Å²) in [5, 5.41) is 1.22. The van der Waals surface area contributed by atoms with E-state index in [1.807, 2.05) is 23.7 Å². The quantitative estimate of drug-likeness (QED) is 0.805. The number of aromatic nitrogens is 3. The SMILES string of the molecule is CN(C)Cc1cnc(CN2CC(C)(C)C2c2nccn2C2CC2)s1. The number of hydrogen-bond acceptors (Lipinski definition) is 5. The first-order chi connectivity index (χ1) is 11.4. The normalized spacial score (nSPS) is 23.6. The Morgan fingerprint density at radius 1 is 1.29 bits per heavy atom. The third-order valence-corrected chi connectivity index (χ3v) is 5.98. The molecule has 0 N–H and O–H groups in total. The van der Waals surface area contributed by atoms with Crippen molar-refractivity contribution < 1.29 is 0 Å². The monoisotopic (exact) mass is 345 g/mol. The molecule has 24 heavy (non-hydrogen) atoms. The Labute approximate surface area is 148 Å². The van der Waals surface area contributed by atoms with Crippen molar-refractivity contribution in [2.75, 3.05) is 20.6 Å². The van der Waals surface area contributed by atoms with Gasteiger partial charge >= 0.3 is 0 Å². The predicted molar refractivity (Wildman–Crippen MR) is 96.9 cm³/mol. The molecule has 3 heterocycles. The van der Waals surface area contributed by atoms with E-state index in [1.165, 1.54) is 28.6 Å². The van der Waals surface area contributed by atoms with Gasteiger partial charge in [0.1, 0.15) is 10.8 Å². The van der Waals surface area contributed by atoms with Gasteiger partial charge in [-0.3, -0.25) is 4.90 Å². The second kappa shape index (κ2) is 5.93. The summed E-state index contributed by atoms with van der Waals surface area (Å²) in [6.07, 6.45) is 8.77. The predicted octanol–water partition coefficient (Wildman–Crippen LogP) is 3.32. The van der Waals surface area contributed by atoms with E-state index in [9.17, 15) is 0 Å². The summed E-state index contributed by atoms with van der Waals surface area (Å²) >= 11 is 1.84. The molecule has 1 aliphatic heterocycles. The molecule has 0 spiro atoms. The van der Waals surface area contributed by atoms with Crippen molar-refractivity contribution in [3.63, 3.8) is 0 Å². The van der Waals surface area contributed by atoms with Crippen LogP contribution in [0.4, 0.5) is 0 Å². The number of imidazole rings is 1. The molecule has 2 aromatic rings. The zero-order valence-corrected chi connectivity index (χ0v) is 15.9. The Morgan fingerprint density at radius 2 is 2.08 bits per heavy atom. The van der Waals surface area contributed by atoms with Crippen molar-refractivity contribution in [3.05, 3.63) is 34.3 Å². The topological polar surface area (TPSA) is 37.2 Å². The largest absolute Gasteiger partial charge is 0.331 e. The summed E-state index contributed by atoms with van der Waals surface area (Å²) in [6.45, 7) is 7.74. The summed E-state index contributed by atoms with van der Waals surface area (Å²) in [5.41, 5.74) is 0.279. The highest BCUT2D eigenvalue weighted by atomic mass is 32.1. The summed E-state index contributed by atoms with van der Waals surface area (Å²) in [7, 11) is 4.20. The lowest BCUT2D eigenvalue weighted by molar-refractivity contribution is -0.0654. The average Bonchev–Trinajstić information content (AvgIpc) is 3.07. The maximum Gasteiger partial charge on any atom is 0.126 e. The second-order valence-corrected chi connectivity index (χ2v) is 9.38. The van der Waals surface area contributed by atoms with Crippen LogP contribution in [0.3, 0.4) is 0 Å². The lowest BCUT2D eigenvalue weighted by atomic mass is 9.74. The molecule has 2 aromatic heterocycles. The van der Waals surface area contributed by atoms with Crippen LogP contribution in [0.2, 0.25) is 0 Å². The number of thiazole rings is 1. The van der Waals surface area contributed by atoms with E-state index in [0.717, 1.165) is 19.6 Å². The van der Waals surface area contributed by atoms with E-state index >= 15 is 0 Å². The van der Waals surface area contributed by atoms with E-state index in [-0.39, 0.29) is 5.41 Å². The summed E-state index contributed by atoms with van der Waals surface area (Å²) < 4.78 is 2.41. The fraction of sp³-hybridized carbons (Fsp3) is 0.667. The highest BCUT2D eigenvalue weighted by Gasteiger charge is 2.49. The summed E-state index contributed by atoms with van der Waals surface area (Å²) in [4.78, 5) is 15.5. The van der Waals surface area contributed by atoms with E-state index in [2.05, 4.69) is 53.5 Å². The van der Waals surface area contributed by atoms with E-state index in [0.29, 0.717) is 12.1 Å². The Kier molecular flexibility index (Phi) is 4.01. The molecule has 0 aromatic carbocycles. The molecule has 0 bridgehead atoms. The number of nitrogens with zero attached hydrogens (tertiary/aromatic N) is 5. The molecule has 2 aliphatic rings. The van der Waals surface area contributed by atoms with E-state index in [1.54, 1.807) is 0 Å². The van der Waals surface area contributed by atoms with Gasteiger partial charge in [-0.2, -0.15) is 0 Å². The van der Waals surface area contributed by atoms with Crippen LogP contribution < -0.4 is 0 Å². The van der Waals surface area contributed by atoms with Gasteiger partial charge in [0.15, 0.2) is 0 Å². The Bertz CT molecular complexity index is 713. The van der Waals surface area contributed by atoms with Crippen molar-refractivity contribution in [1.82, 2.24) is 24.3 Å². The molecular weight excluding hydrogens is 318 g/mol. The smallest absolute Gasteiger partial charge is 0.126 e. The van der Waals surface area contributed by atoms with Crippen LogP contribution in [0.15, 0.2) is 18.6 Å². The zero-order valence-electron chi connectivity index (χ0n) is 15.1. The molecule has 130 valence electrons. The highest BCUT2D eigenvalue weighted by Crippen LogP contribution is 2.50. The van der Waals surface area contributed by atoms with Gasteiger partial charge in [-0.1, -0.05) is 13.8 Å². The molecule has 1 aliphatic carbocycles. The van der Waals surface area contributed by atoms with Gasteiger partial charge < -0.3 is 9.47 Å². The molecular formula is C18H27N5S. The van der Waals surface area contributed by atoms with Gasteiger partial charge in [-0.15, -0.1) is 11.3 Å². The van der Waals surface area contributed by atoms with Gasteiger partial charge in [0.2, 0.25) is 0 Å². The first-order valence-electron chi connectivity index (χ1n) is 8.79. The van der Waals surface area contributed by atoms with Gasteiger partial charge in [0, 0.05) is 48.0 Å². The molecule has 1 saturated carbocycles. The molecule has 2 fully saturated rings. The minimum Gasteiger partial charge on any atom is -0.331 e. The van der Waals surface area contributed by atoms with Gasteiger partial charge in [0.05, 0.1) is 12.6 Å². The zero-order chi connectivity index (χ0) is 16.9.